The summed E-state index contributed by atoms with van der Waals surface area (Å²) in [5.74, 6) is 0.328. The first-order valence-corrected chi connectivity index (χ1v) is 18.5. The molecular weight excluding hydrogens is 476 g/mol. The van der Waals surface area contributed by atoms with E-state index in [9.17, 15) is 9.59 Å². The molecule has 0 saturated carbocycles. The smallest absolute Gasteiger partial charge is 0.324 e. The summed E-state index contributed by atoms with van der Waals surface area (Å²) in [6.07, 6.45) is 0.461. The van der Waals surface area contributed by atoms with Crippen molar-refractivity contribution in [2.75, 3.05) is 13.2 Å². The van der Waals surface area contributed by atoms with Crippen molar-refractivity contribution < 1.29 is 27.9 Å². The average Bonchev–Trinajstić information content (AvgIpc) is 3.06. The van der Waals surface area contributed by atoms with E-state index in [1.807, 2.05) is 12.1 Å². The van der Waals surface area contributed by atoms with Crippen LogP contribution in [0.2, 0.25) is 36.3 Å². The van der Waals surface area contributed by atoms with E-state index in [0.717, 1.165) is 11.1 Å². The van der Waals surface area contributed by atoms with Crippen LogP contribution in [0.4, 0.5) is 0 Å². The van der Waals surface area contributed by atoms with Gasteiger partial charge in [0, 0.05) is 0 Å². The third kappa shape index (κ3) is 5.96. The van der Waals surface area contributed by atoms with Crippen molar-refractivity contribution in [2.24, 2.45) is 5.41 Å². The largest absolute Gasteiger partial charge is 0.541 e. The topological polar surface area (TPSA) is 71.1 Å². The highest BCUT2D eigenvalue weighted by Crippen LogP contribution is 2.48. The molecule has 6 nitrogen and oxygen atoms in total. The van der Waals surface area contributed by atoms with E-state index in [2.05, 4.69) is 67.7 Å². The number of esters is 2. The van der Waals surface area contributed by atoms with Gasteiger partial charge in [0.1, 0.15) is 11.5 Å². The lowest BCUT2D eigenvalue weighted by atomic mass is 9.85. The fraction of sp³-hybridized carbons (Fsp3) is 0.704. The second-order valence-corrected chi connectivity index (χ2v) is 22.1. The van der Waals surface area contributed by atoms with Gasteiger partial charge in [0.15, 0.2) is 5.41 Å². The molecule has 0 aliphatic heterocycles. The Balaban J connectivity index is 2.64. The van der Waals surface area contributed by atoms with E-state index in [1.54, 1.807) is 13.8 Å². The fourth-order valence-corrected chi connectivity index (χ4v) is 5.64. The van der Waals surface area contributed by atoms with Crippen molar-refractivity contribution in [3.05, 3.63) is 23.3 Å². The summed E-state index contributed by atoms with van der Waals surface area (Å²) in [6, 6.07) is 3.97. The van der Waals surface area contributed by atoms with Crippen LogP contribution in [0.5, 0.6) is 11.5 Å². The highest BCUT2D eigenvalue weighted by Gasteiger charge is 2.53. The summed E-state index contributed by atoms with van der Waals surface area (Å²) in [4.78, 5) is 26.1. The maximum absolute atomic E-state index is 13.1. The zero-order valence-electron chi connectivity index (χ0n) is 23.9. The lowest BCUT2D eigenvalue weighted by molar-refractivity contribution is -0.171. The molecule has 0 fully saturated rings. The quantitative estimate of drug-likeness (QED) is 0.216. The molecule has 0 amide bonds. The van der Waals surface area contributed by atoms with E-state index in [0.29, 0.717) is 11.5 Å². The summed E-state index contributed by atoms with van der Waals surface area (Å²) in [6.45, 7) is 25.9. The standard InChI is InChI=1S/C27H46O6Si2/c1-13-30-23(28)27(24(29)31-14-2)17-19-15-21(32-34(9,10)25(3,4)5)22(16-20(19)18-27)33-35(11,12)26(6,7)8/h15-16H,13-14,17-18H2,1-12H3. The Labute approximate surface area is 214 Å². The van der Waals surface area contributed by atoms with Crippen LogP contribution in [0.25, 0.3) is 0 Å². The molecule has 2 rings (SSSR count). The molecule has 0 bridgehead atoms. The molecule has 0 unspecified atom stereocenters. The van der Waals surface area contributed by atoms with Crippen molar-refractivity contribution in [1.82, 2.24) is 0 Å². The fourth-order valence-electron chi connectivity index (χ4n) is 3.61. The molecule has 1 aliphatic rings. The van der Waals surface area contributed by atoms with Crippen LogP contribution in [-0.4, -0.2) is 41.8 Å². The van der Waals surface area contributed by atoms with Gasteiger partial charge >= 0.3 is 11.9 Å². The van der Waals surface area contributed by atoms with E-state index >= 15 is 0 Å². The van der Waals surface area contributed by atoms with Crippen LogP contribution < -0.4 is 8.85 Å². The van der Waals surface area contributed by atoms with Gasteiger partial charge in [-0.05, 0) is 86.2 Å². The first kappa shape index (κ1) is 29.4. The molecule has 35 heavy (non-hydrogen) atoms. The van der Waals surface area contributed by atoms with Crippen LogP contribution in [0.3, 0.4) is 0 Å². The Morgan fingerprint density at radius 3 is 1.31 bits per heavy atom. The molecule has 0 atom stereocenters. The van der Waals surface area contributed by atoms with Gasteiger partial charge in [-0.25, -0.2) is 0 Å². The third-order valence-electron chi connectivity index (χ3n) is 7.93. The zero-order valence-corrected chi connectivity index (χ0v) is 25.9. The Hall–Kier alpha value is -1.81. The maximum Gasteiger partial charge on any atom is 0.324 e. The normalized spacial score (nSPS) is 15.9. The predicted molar refractivity (Wildman–Crippen MR) is 145 cm³/mol. The van der Waals surface area contributed by atoms with Gasteiger partial charge in [-0.3, -0.25) is 9.59 Å². The molecule has 0 radical (unpaired) electrons. The van der Waals surface area contributed by atoms with Gasteiger partial charge in [0.2, 0.25) is 0 Å². The molecule has 1 aromatic carbocycles. The van der Waals surface area contributed by atoms with E-state index in [-0.39, 0.29) is 36.1 Å². The Kier molecular flexibility index (Phi) is 8.34. The Bertz CT molecular complexity index is 877. The maximum atomic E-state index is 13.1. The molecule has 0 heterocycles. The lowest BCUT2D eigenvalue weighted by Gasteiger charge is -2.40. The second-order valence-electron chi connectivity index (χ2n) is 12.7. The number of ether oxygens (including phenoxy) is 2. The van der Waals surface area contributed by atoms with Crippen molar-refractivity contribution in [3.63, 3.8) is 0 Å². The van der Waals surface area contributed by atoms with Crippen LogP contribution in [0.15, 0.2) is 12.1 Å². The highest BCUT2D eigenvalue weighted by molar-refractivity contribution is 6.75. The monoisotopic (exact) mass is 522 g/mol. The molecule has 1 aliphatic carbocycles. The number of carbonyl (C=O) groups excluding carboxylic acids is 2. The third-order valence-corrected chi connectivity index (χ3v) is 16.6. The van der Waals surface area contributed by atoms with Crippen molar-refractivity contribution in [2.45, 2.75) is 104 Å². The Morgan fingerprint density at radius 1 is 0.743 bits per heavy atom. The average molecular weight is 523 g/mol. The predicted octanol–water partition coefficient (Wildman–Crippen LogP) is 6.67. The molecule has 0 spiro atoms. The number of hydrogen-bond acceptors (Lipinski definition) is 6. The lowest BCUT2D eigenvalue weighted by Crippen LogP contribution is -2.45. The van der Waals surface area contributed by atoms with Gasteiger partial charge in [0.05, 0.1) is 13.2 Å². The summed E-state index contributed by atoms with van der Waals surface area (Å²) in [5.41, 5.74) is 0.433. The second kappa shape index (κ2) is 9.92. The van der Waals surface area contributed by atoms with E-state index < -0.39 is 34.0 Å². The van der Waals surface area contributed by atoms with Crippen LogP contribution in [0.1, 0.15) is 66.5 Å². The number of fused-ring (bicyclic) bond motifs is 1. The summed E-state index contributed by atoms with van der Waals surface area (Å²) >= 11 is 0. The molecular formula is C27H46O6Si2. The molecule has 8 heteroatoms. The number of rotatable bonds is 8. The first-order chi connectivity index (χ1) is 15.8. The van der Waals surface area contributed by atoms with Gasteiger partial charge in [-0.2, -0.15) is 0 Å². The first-order valence-electron chi connectivity index (χ1n) is 12.7. The summed E-state index contributed by atoms with van der Waals surface area (Å²) < 4.78 is 24.2. The van der Waals surface area contributed by atoms with Gasteiger partial charge in [-0.1, -0.05) is 41.5 Å². The van der Waals surface area contributed by atoms with E-state index in [1.165, 1.54) is 0 Å². The van der Waals surface area contributed by atoms with Crippen molar-refractivity contribution in [1.29, 1.82) is 0 Å². The van der Waals surface area contributed by atoms with Crippen molar-refractivity contribution >= 4 is 28.6 Å². The minimum atomic E-state index is -2.18. The molecule has 1 aromatic rings. The minimum absolute atomic E-state index is 0.000120. The number of carbonyl (C=O) groups is 2. The summed E-state index contributed by atoms with van der Waals surface area (Å²) in [7, 11) is -4.37. The molecule has 198 valence electrons. The molecule has 0 saturated heterocycles. The highest BCUT2D eigenvalue weighted by atomic mass is 28.4. The zero-order chi connectivity index (χ0) is 27.0. The van der Waals surface area contributed by atoms with Crippen LogP contribution in [-0.2, 0) is 31.9 Å². The minimum Gasteiger partial charge on any atom is -0.541 e. The van der Waals surface area contributed by atoms with Crippen LogP contribution >= 0.6 is 0 Å². The molecule has 0 aromatic heterocycles. The number of hydrogen-bond donors (Lipinski definition) is 0. The molecule has 0 N–H and O–H groups in total. The van der Waals surface area contributed by atoms with Gasteiger partial charge < -0.3 is 18.3 Å². The Morgan fingerprint density at radius 2 is 1.06 bits per heavy atom. The van der Waals surface area contributed by atoms with E-state index in [4.69, 9.17) is 18.3 Å². The van der Waals surface area contributed by atoms with Crippen LogP contribution in [0, 0.1) is 5.41 Å². The SMILES string of the molecule is CCOC(=O)C1(C(=O)OCC)Cc2cc(O[Si](C)(C)C(C)(C)C)c(O[Si](C)(C)C(C)(C)C)cc2C1. The van der Waals surface area contributed by atoms with Crippen molar-refractivity contribution in [3.8, 4) is 11.5 Å². The number of benzene rings is 1. The summed E-state index contributed by atoms with van der Waals surface area (Å²) in [5, 5.41) is -0.000239. The van der Waals surface area contributed by atoms with Gasteiger partial charge in [-0.15, -0.1) is 0 Å². The van der Waals surface area contributed by atoms with Gasteiger partial charge in [0.25, 0.3) is 16.6 Å².